The molecule has 0 bridgehead atoms. The molecule has 0 unspecified atom stereocenters. The third-order valence-corrected chi connectivity index (χ3v) is 3.13. The lowest BCUT2D eigenvalue weighted by molar-refractivity contribution is 0.673. The van der Waals surface area contributed by atoms with Crippen molar-refractivity contribution < 1.29 is 0 Å². The zero-order valence-corrected chi connectivity index (χ0v) is 11.5. The number of hydrogen-bond acceptors (Lipinski definition) is 4. The van der Waals surface area contributed by atoms with Crippen LogP contribution in [0.1, 0.15) is 18.9 Å². The molecule has 0 saturated heterocycles. The third-order valence-electron chi connectivity index (χ3n) is 3.13. The molecule has 1 aromatic carbocycles. The topological polar surface area (TPSA) is 55.6 Å². The van der Waals surface area contributed by atoms with Crippen molar-refractivity contribution in [1.82, 2.24) is 25.3 Å². The van der Waals surface area contributed by atoms with Gasteiger partial charge in [0.05, 0.1) is 5.52 Å². The first kappa shape index (κ1) is 12.7. The highest BCUT2D eigenvalue weighted by Crippen LogP contribution is 2.14. The first-order valence-electron chi connectivity index (χ1n) is 6.85. The Hall–Kier alpha value is -2.27. The molecule has 20 heavy (non-hydrogen) atoms. The fourth-order valence-corrected chi connectivity index (χ4v) is 2.13. The van der Waals surface area contributed by atoms with E-state index in [1.165, 1.54) is 5.56 Å². The molecule has 0 aliphatic rings. The molecule has 5 nitrogen and oxygen atoms in total. The monoisotopic (exact) mass is 267 g/mol. The van der Waals surface area contributed by atoms with E-state index in [-0.39, 0.29) is 0 Å². The first-order valence-corrected chi connectivity index (χ1v) is 6.85. The molecular weight excluding hydrogens is 250 g/mol. The van der Waals surface area contributed by atoms with Gasteiger partial charge in [0.1, 0.15) is 5.52 Å². The molecule has 0 aliphatic carbocycles. The fraction of sp³-hybridized carbons (Fsp3) is 0.267. The van der Waals surface area contributed by atoms with Crippen molar-refractivity contribution in [1.29, 1.82) is 0 Å². The summed E-state index contributed by atoms with van der Waals surface area (Å²) in [5.74, 6) is 0.800. The maximum absolute atomic E-state index is 4.39. The summed E-state index contributed by atoms with van der Waals surface area (Å²) >= 11 is 0. The van der Waals surface area contributed by atoms with Crippen molar-refractivity contribution >= 4 is 11.0 Å². The quantitative estimate of drug-likeness (QED) is 0.721. The van der Waals surface area contributed by atoms with Gasteiger partial charge in [0, 0.05) is 12.7 Å². The van der Waals surface area contributed by atoms with Gasteiger partial charge in [0.25, 0.3) is 0 Å². The van der Waals surface area contributed by atoms with E-state index in [9.17, 15) is 0 Å². The average Bonchev–Trinajstić information content (AvgIpc) is 2.92. The van der Waals surface area contributed by atoms with Gasteiger partial charge in [-0.15, -0.1) is 5.10 Å². The van der Waals surface area contributed by atoms with Gasteiger partial charge in [-0.2, -0.15) is 4.68 Å². The maximum Gasteiger partial charge on any atom is 0.156 e. The van der Waals surface area contributed by atoms with Crippen LogP contribution in [0.2, 0.25) is 0 Å². The van der Waals surface area contributed by atoms with Crippen molar-refractivity contribution in [3.05, 3.63) is 48.2 Å². The molecule has 0 amide bonds. The Morgan fingerprint density at radius 2 is 2.10 bits per heavy atom. The second-order valence-corrected chi connectivity index (χ2v) is 4.69. The van der Waals surface area contributed by atoms with Crippen LogP contribution in [0.15, 0.2) is 42.6 Å². The smallest absolute Gasteiger partial charge is 0.156 e. The summed E-state index contributed by atoms with van der Waals surface area (Å²) in [5.41, 5.74) is 3.05. The SMILES string of the molecule is CCCNCc1ccnc(-n2nnc3ccccc32)c1. The number of aromatic nitrogens is 4. The van der Waals surface area contributed by atoms with E-state index < -0.39 is 0 Å². The van der Waals surface area contributed by atoms with Gasteiger partial charge >= 0.3 is 0 Å². The zero-order valence-electron chi connectivity index (χ0n) is 11.5. The van der Waals surface area contributed by atoms with Crippen LogP contribution in [-0.2, 0) is 6.54 Å². The van der Waals surface area contributed by atoms with E-state index in [1.807, 2.05) is 42.6 Å². The second-order valence-electron chi connectivity index (χ2n) is 4.69. The number of nitrogens with one attached hydrogen (secondary N) is 1. The Morgan fingerprint density at radius 1 is 1.20 bits per heavy atom. The number of nitrogens with zero attached hydrogens (tertiary/aromatic N) is 4. The van der Waals surface area contributed by atoms with E-state index in [4.69, 9.17) is 0 Å². The number of para-hydroxylation sites is 1. The lowest BCUT2D eigenvalue weighted by Gasteiger charge is -2.06. The van der Waals surface area contributed by atoms with Crippen molar-refractivity contribution in [2.75, 3.05) is 6.54 Å². The van der Waals surface area contributed by atoms with Crippen LogP contribution in [0, 0.1) is 0 Å². The minimum Gasteiger partial charge on any atom is -0.313 e. The molecular formula is C15H17N5. The van der Waals surface area contributed by atoms with Crippen LogP contribution in [-0.4, -0.2) is 26.5 Å². The van der Waals surface area contributed by atoms with Crippen LogP contribution in [0.4, 0.5) is 0 Å². The number of benzene rings is 1. The summed E-state index contributed by atoms with van der Waals surface area (Å²) in [5, 5.41) is 11.7. The van der Waals surface area contributed by atoms with Gasteiger partial charge in [-0.1, -0.05) is 24.3 Å². The minimum atomic E-state index is 0.800. The largest absolute Gasteiger partial charge is 0.313 e. The normalized spacial score (nSPS) is 11.1. The molecule has 0 radical (unpaired) electrons. The molecule has 0 atom stereocenters. The summed E-state index contributed by atoms with van der Waals surface area (Å²) in [7, 11) is 0. The predicted molar refractivity (Wildman–Crippen MR) is 78.7 cm³/mol. The molecule has 0 fully saturated rings. The Kier molecular flexibility index (Phi) is 3.69. The molecule has 2 heterocycles. The number of pyridine rings is 1. The van der Waals surface area contributed by atoms with Crippen molar-refractivity contribution in [3.8, 4) is 5.82 Å². The number of hydrogen-bond donors (Lipinski definition) is 1. The van der Waals surface area contributed by atoms with Crippen LogP contribution in [0.3, 0.4) is 0 Å². The van der Waals surface area contributed by atoms with E-state index >= 15 is 0 Å². The molecule has 0 aliphatic heterocycles. The molecule has 0 spiro atoms. The lowest BCUT2D eigenvalue weighted by atomic mass is 10.2. The van der Waals surface area contributed by atoms with Crippen molar-refractivity contribution in [3.63, 3.8) is 0 Å². The summed E-state index contributed by atoms with van der Waals surface area (Å²) in [6.07, 6.45) is 2.94. The molecule has 102 valence electrons. The van der Waals surface area contributed by atoms with Crippen LogP contribution in [0.25, 0.3) is 16.9 Å². The Balaban J connectivity index is 1.92. The van der Waals surface area contributed by atoms with E-state index in [1.54, 1.807) is 4.68 Å². The summed E-state index contributed by atoms with van der Waals surface area (Å²) < 4.78 is 1.78. The second kappa shape index (κ2) is 5.79. The molecule has 3 rings (SSSR count). The van der Waals surface area contributed by atoms with E-state index in [2.05, 4.69) is 27.5 Å². The predicted octanol–water partition coefficient (Wildman–Crippen LogP) is 2.32. The Labute approximate surface area is 117 Å². The first-order chi connectivity index (χ1) is 9.88. The number of rotatable bonds is 5. The minimum absolute atomic E-state index is 0.800. The van der Waals surface area contributed by atoms with Gasteiger partial charge in [-0.05, 0) is 42.8 Å². The lowest BCUT2D eigenvalue weighted by Crippen LogP contribution is -2.14. The van der Waals surface area contributed by atoms with Gasteiger partial charge in [0.15, 0.2) is 5.82 Å². The maximum atomic E-state index is 4.39. The Bertz CT molecular complexity index is 704. The van der Waals surface area contributed by atoms with Crippen molar-refractivity contribution in [2.45, 2.75) is 19.9 Å². The van der Waals surface area contributed by atoms with Crippen LogP contribution < -0.4 is 5.32 Å². The van der Waals surface area contributed by atoms with Crippen molar-refractivity contribution in [2.24, 2.45) is 0 Å². The highest BCUT2D eigenvalue weighted by Gasteiger charge is 2.07. The molecule has 3 aromatic rings. The Morgan fingerprint density at radius 3 is 3.00 bits per heavy atom. The molecule has 1 N–H and O–H groups in total. The average molecular weight is 267 g/mol. The fourth-order valence-electron chi connectivity index (χ4n) is 2.13. The summed E-state index contributed by atoms with van der Waals surface area (Å²) in [6.45, 7) is 4.02. The molecule has 0 saturated carbocycles. The highest BCUT2D eigenvalue weighted by atomic mass is 15.4. The number of fused-ring (bicyclic) bond motifs is 1. The van der Waals surface area contributed by atoms with Crippen LogP contribution >= 0.6 is 0 Å². The molecule has 2 aromatic heterocycles. The highest BCUT2D eigenvalue weighted by molar-refractivity contribution is 5.75. The zero-order chi connectivity index (χ0) is 13.8. The summed E-state index contributed by atoms with van der Waals surface area (Å²) in [6, 6.07) is 12.0. The van der Waals surface area contributed by atoms with E-state index in [0.29, 0.717) is 0 Å². The van der Waals surface area contributed by atoms with Gasteiger partial charge in [-0.25, -0.2) is 4.98 Å². The standard InChI is InChI=1S/C15H17N5/c1-2-8-16-11-12-7-9-17-15(10-12)20-14-6-4-3-5-13(14)18-19-20/h3-7,9-10,16H,2,8,11H2,1H3. The third kappa shape index (κ3) is 2.53. The summed E-state index contributed by atoms with van der Waals surface area (Å²) in [4.78, 5) is 4.39. The van der Waals surface area contributed by atoms with Gasteiger partial charge in [-0.3, -0.25) is 0 Å². The van der Waals surface area contributed by atoms with Gasteiger partial charge in [0.2, 0.25) is 0 Å². The van der Waals surface area contributed by atoms with Crippen LogP contribution in [0.5, 0.6) is 0 Å². The molecule has 5 heteroatoms. The van der Waals surface area contributed by atoms with E-state index in [0.717, 1.165) is 36.4 Å². The van der Waals surface area contributed by atoms with Gasteiger partial charge < -0.3 is 5.32 Å².